The number of halogens is 2. The monoisotopic (exact) mass is 490 g/mol. The van der Waals surface area contributed by atoms with Crippen molar-refractivity contribution in [1.82, 2.24) is 14.3 Å². The summed E-state index contributed by atoms with van der Waals surface area (Å²) in [6.07, 6.45) is 2.86. The highest BCUT2D eigenvalue weighted by molar-refractivity contribution is 7.90. The fourth-order valence-corrected chi connectivity index (χ4v) is 4.83. The summed E-state index contributed by atoms with van der Waals surface area (Å²) in [5, 5.41) is 6.88. The number of ether oxygens (including phenoxy) is 1. The molecule has 4 rings (SSSR count). The van der Waals surface area contributed by atoms with Gasteiger partial charge in [0.25, 0.3) is 10.0 Å². The summed E-state index contributed by atoms with van der Waals surface area (Å²) in [5.41, 5.74) is 2.99. The van der Waals surface area contributed by atoms with E-state index >= 15 is 0 Å². The molecule has 2 aromatic heterocycles. The largest absolute Gasteiger partial charge is 0.481 e. The van der Waals surface area contributed by atoms with Crippen LogP contribution in [0.4, 0.5) is 15.8 Å². The van der Waals surface area contributed by atoms with E-state index in [0.29, 0.717) is 29.3 Å². The molecular weight excluding hydrogens is 467 g/mol. The number of aromatic nitrogens is 2. The van der Waals surface area contributed by atoms with E-state index in [9.17, 15) is 12.8 Å². The molecule has 0 saturated carbocycles. The van der Waals surface area contributed by atoms with Crippen LogP contribution >= 0.6 is 12.4 Å². The number of benzene rings is 2. The molecule has 0 saturated heterocycles. The molecule has 4 aromatic rings. The predicted octanol–water partition coefficient (Wildman–Crippen LogP) is 4.61. The summed E-state index contributed by atoms with van der Waals surface area (Å²) >= 11 is 0. The van der Waals surface area contributed by atoms with Crippen LogP contribution in [0, 0.1) is 12.7 Å². The fourth-order valence-electron chi connectivity index (χ4n) is 3.50. The van der Waals surface area contributed by atoms with Crippen molar-refractivity contribution in [3.8, 4) is 5.88 Å². The van der Waals surface area contributed by atoms with Gasteiger partial charge >= 0.3 is 0 Å². The van der Waals surface area contributed by atoms with E-state index in [4.69, 9.17) is 4.74 Å². The van der Waals surface area contributed by atoms with E-state index in [1.165, 1.54) is 35.5 Å². The van der Waals surface area contributed by atoms with Crippen LogP contribution in [-0.2, 0) is 16.6 Å². The Balaban J connectivity index is 0.00000306. The first kappa shape index (κ1) is 24.5. The zero-order valence-corrected chi connectivity index (χ0v) is 19.9. The average Bonchev–Trinajstić information content (AvgIpc) is 3.14. The lowest BCUT2D eigenvalue weighted by Gasteiger charge is -2.11. The second-order valence-electron chi connectivity index (χ2n) is 7.36. The summed E-state index contributed by atoms with van der Waals surface area (Å²) in [7, 11) is -0.666. The zero-order chi connectivity index (χ0) is 22.9. The SMILES string of the molecule is CNCc1cn(S(=O)(=O)c2ccc(OC)nc2)c2cc(Nc3ccc(C)cc3F)ccc12.Cl. The molecule has 0 spiro atoms. The van der Waals surface area contributed by atoms with E-state index in [0.717, 1.165) is 16.5 Å². The molecule has 0 atom stereocenters. The third kappa shape index (κ3) is 4.80. The Morgan fingerprint density at radius 2 is 1.91 bits per heavy atom. The number of rotatable bonds is 7. The average molecular weight is 491 g/mol. The molecule has 7 nitrogen and oxygen atoms in total. The minimum absolute atomic E-state index is 0. The van der Waals surface area contributed by atoms with Crippen molar-refractivity contribution in [2.24, 2.45) is 0 Å². The normalized spacial score (nSPS) is 11.3. The molecule has 0 aliphatic rings. The van der Waals surface area contributed by atoms with Gasteiger partial charge in [-0.3, -0.25) is 0 Å². The highest BCUT2D eigenvalue weighted by Gasteiger charge is 2.22. The number of hydrogen-bond acceptors (Lipinski definition) is 6. The van der Waals surface area contributed by atoms with Crippen LogP contribution in [0.2, 0.25) is 0 Å². The van der Waals surface area contributed by atoms with Crippen molar-refractivity contribution in [3.63, 3.8) is 0 Å². The molecular formula is C23H24ClFN4O3S. The van der Waals surface area contributed by atoms with Crippen molar-refractivity contribution in [2.75, 3.05) is 19.5 Å². The third-order valence-electron chi connectivity index (χ3n) is 5.10. The van der Waals surface area contributed by atoms with E-state index in [-0.39, 0.29) is 23.1 Å². The second-order valence-corrected chi connectivity index (χ2v) is 9.18. The lowest BCUT2D eigenvalue weighted by molar-refractivity contribution is 0.397. The van der Waals surface area contributed by atoms with Crippen LogP contribution in [0.1, 0.15) is 11.1 Å². The van der Waals surface area contributed by atoms with Crippen molar-refractivity contribution >= 4 is 44.7 Å². The molecule has 0 bridgehead atoms. The van der Waals surface area contributed by atoms with Gasteiger partial charge in [-0.15, -0.1) is 12.4 Å². The molecule has 2 aromatic carbocycles. The van der Waals surface area contributed by atoms with Gasteiger partial charge in [-0.05, 0) is 55.4 Å². The maximum absolute atomic E-state index is 14.3. The molecule has 0 aliphatic carbocycles. The van der Waals surface area contributed by atoms with E-state index in [1.807, 2.05) is 13.0 Å². The van der Waals surface area contributed by atoms with Crippen LogP contribution < -0.4 is 15.4 Å². The van der Waals surface area contributed by atoms with Crippen LogP contribution in [0.5, 0.6) is 5.88 Å². The topological polar surface area (TPSA) is 85.2 Å². The van der Waals surface area contributed by atoms with Crippen LogP contribution in [-0.4, -0.2) is 31.5 Å². The molecule has 0 amide bonds. The Labute approximate surface area is 198 Å². The second kappa shape index (κ2) is 9.78. The summed E-state index contributed by atoms with van der Waals surface area (Å²) in [5.74, 6) is -0.0583. The van der Waals surface area contributed by atoms with Gasteiger partial charge in [-0.25, -0.2) is 21.8 Å². The highest BCUT2D eigenvalue weighted by Crippen LogP contribution is 2.30. The number of hydrogen-bond donors (Lipinski definition) is 2. The number of fused-ring (bicyclic) bond motifs is 1. The number of methoxy groups -OCH3 is 1. The van der Waals surface area contributed by atoms with Gasteiger partial charge in [-0.1, -0.05) is 12.1 Å². The Morgan fingerprint density at radius 3 is 2.55 bits per heavy atom. The van der Waals surface area contributed by atoms with E-state index in [2.05, 4.69) is 15.6 Å². The minimum Gasteiger partial charge on any atom is -0.481 e. The molecule has 0 fully saturated rings. The molecule has 0 aliphatic heterocycles. The molecule has 0 radical (unpaired) electrons. The molecule has 10 heteroatoms. The van der Waals surface area contributed by atoms with Crippen LogP contribution in [0.25, 0.3) is 10.9 Å². The van der Waals surface area contributed by atoms with Gasteiger partial charge in [0.05, 0.1) is 24.5 Å². The van der Waals surface area contributed by atoms with Crippen molar-refractivity contribution in [2.45, 2.75) is 18.4 Å². The maximum atomic E-state index is 14.3. The van der Waals surface area contributed by atoms with E-state index in [1.54, 1.807) is 37.5 Å². The minimum atomic E-state index is -3.92. The molecule has 33 heavy (non-hydrogen) atoms. The highest BCUT2D eigenvalue weighted by atomic mass is 35.5. The van der Waals surface area contributed by atoms with Crippen LogP contribution in [0.3, 0.4) is 0 Å². The lowest BCUT2D eigenvalue weighted by atomic mass is 10.1. The van der Waals surface area contributed by atoms with Gasteiger partial charge < -0.3 is 15.4 Å². The first-order valence-corrected chi connectivity index (χ1v) is 11.3. The third-order valence-corrected chi connectivity index (χ3v) is 6.76. The van der Waals surface area contributed by atoms with Crippen molar-refractivity contribution in [3.05, 3.63) is 77.9 Å². The fraction of sp³-hybridized carbons (Fsp3) is 0.174. The van der Waals surface area contributed by atoms with Gasteiger partial charge in [0, 0.05) is 29.9 Å². The molecule has 2 heterocycles. The number of pyridine rings is 1. The first-order valence-electron chi connectivity index (χ1n) is 9.91. The zero-order valence-electron chi connectivity index (χ0n) is 18.3. The van der Waals surface area contributed by atoms with Gasteiger partial charge in [0.15, 0.2) is 0 Å². The molecule has 0 unspecified atom stereocenters. The number of anilines is 2. The first-order chi connectivity index (χ1) is 15.3. The standard InChI is InChI=1S/C23H23FN4O3S.ClH/c1-15-4-8-21(20(24)10-15)27-17-5-7-19-16(12-25-2)14-28(22(19)11-17)32(29,30)18-6-9-23(31-3)26-13-18;/h4-11,13-14,25,27H,12H2,1-3H3;1H. The Kier molecular flexibility index (Phi) is 7.26. The van der Waals surface area contributed by atoms with Crippen molar-refractivity contribution < 1.29 is 17.5 Å². The number of aryl methyl sites for hydroxylation is 1. The van der Waals surface area contributed by atoms with Crippen LogP contribution in [0.15, 0.2) is 65.8 Å². The summed E-state index contributed by atoms with van der Waals surface area (Å²) < 4.78 is 47.4. The van der Waals surface area contributed by atoms with Gasteiger partial charge in [0.1, 0.15) is 10.7 Å². The smallest absolute Gasteiger partial charge is 0.269 e. The number of nitrogens with one attached hydrogen (secondary N) is 2. The Morgan fingerprint density at radius 1 is 1.12 bits per heavy atom. The Hall–Kier alpha value is -3.14. The van der Waals surface area contributed by atoms with Gasteiger partial charge in [0.2, 0.25) is 5.88 Å². The Bertz CT molecular complexity index is 1390. The molecule has 2 N–H and O–H groups in total. The van der Waals surface area contributed by atoms with E-state index < -0.39 is 10.0 Å². The summed E-state index contributed by atoms with van der Waals surface area (Å²) in [4.78, 5) is 4.06. The van der Waals surface area contributed by atoms with Crippen molar-refractivity contribution in [1.29, 1.82) is 0 Å². The maximum Gasteiger partial charge on any atom is 0.269 e. The number of nitrogens with zero attached hydrogens (tertiary/aromatic N) is 2. The lowest BCUT2D eigenvalue weighted by Crippen LogP contribution is -2.12. The predicted molar refractivity (Wildman–Crippen MR) is 130 cm³/mol. The molecule has 174 valence electrons. The summed E-state index contributed by atoms with van der Waals surface area (Å²) in [6, 6.07) is 13.2. The van der Waals surface area contributed by atoms with Gasteiger partial charge in [-0.2, -0.15) is 0 Å². The quantitative estimate of drug-likeness (QED) is 0.393. The summed E-state index contributed by atoms with van der Waals surface area (Å²) in [6.45, 7) is 2.30.